The summed E-state index contributed by atoms with van der Waals surface area (Å²) in [7, 11) is 1.64. The molecule has 4 aromatic rings. The molecule has 4 amide bonds. The number of rotatable bonds is 17. The highest BCUT2D eigenvalue weighted by molar-refractivity contribution is 7.09. The molecule has 0 bridgehead atoms. The van der Waals surface area contributed by atoms with E-state index in [1.54, 1.807) is 29.8 Å². The highest BCUT2D eigenvalue weighted by Gasteiger charge is 2.36. The molecule has 51 heavy (non-hydrogen) atoms. The van der Waals surface area contributed by atoms with Crippen LogP contribution in [0.25, 0.3) is 0 Å². The van der Waals surface area contributed by atoms with Gasteiger partial charge in [0.15, 0.2) is 0 Å². The van der Waals surface area contributed by atoms with Crippen LogP contribution in [0.5, 0.6) is 0 Å². The van der Waals surface area contributed by atoms with E-state index < -0.39 is 48.4 Å². The summed E-state index contributed by atoms with van der Waals surface area (Å²) in [6, 6.07) is 16.8. The fraction of sp³-hybridized carbons (Fsp3) is 0.432. The van der Waals surface area contributed by atoms with Crippen LogP contribution in [0.1, 0.15) is 61.1 Å². The van der Waals surface area contributed by atoms with Crippen LogP contribution in [0.2, 0.25) is 0 Å². The Morgan fingerprint density at radius 3 is 1.92 bits per heavy atom. The number of nitrogens with zero attached hydrogens (tertiary/aromatic N) is 3. The summed E-state index contributed by atoms with van der Waals surface area (Å²) >= 11 is 2.78. The SMILES string of the molecule is CC(C)c1nc(CN(C)C(=O)N[C@H](C(=O)N[C@@H](Cc2ccccc2)[C@H](O)[C@H](O)[C@H](Cc2ccccc2)NC(=O)OCc2ccsn2)C(C)C)cs1. The van der Waals surface area contributed by atoms with Crippen molar-refractivity contribution in [3.8, 4) is 0 Å². The molecular formula is C37H48N6O6S2. The number of alkyl carbamates (subject to hydrolysis) is 1. The minimum Gasteiger partial charge on any atom is -0.443 e. The predicted molar refractivity (Wildman–Crippen MR) is 198 cm³/mol. The lowest BCUT2D eigenvalue weighted by Gasteiger charge is -2.34. The van der Waals surface area contributed by atoms with Gasteiger partial charge in [0, 0.05) is 23.7 Å². The summed E-state index contributed by atoms with van der Waals surface area (Å²) in [5, 5.41) is 36.6. The lowest BCUT2D eigenvalue weighted by molar-refractivity contribution is -0.126. The second kappa shape index (κ2) is 19.3. The van der Waals surface area contributed by atoms with Gasteiger partial charge in [0.2, 0.25) is 5.91 Å². The Hall–Kier alpha value is -4.37. The van der Waals surface area contributed by atoms with E-state index in [9.17, 15) is 24.6 Å². The summed E-state index contributed by atoms with van der Waals surface area (Å²) in [4.78, 5) is 46.2. The molecule has 0 unspecified atom stereocenters. The van der Waals surface area contributed by atoms with Crippen molar-refractivity contribution >= 4 is 40.9 Å². The molecule has 12 nitrogen and oxygen atoms in total. The summed E-state index contributed by atoms with van der Waals surface area (Å²) in [6.45, 7) is 7.96. The topological polar surface area (TPSA) is 166 Å². The van der Waals surface area contributed by atoms with Gasteiger partial charge in [0.25, 0.3) is 0 Å². The molecule has 5 atom stereocenters. The number of thiazole rings is 1. The molecule has 2 aromatic carbocycles. The number of aliphatic hydroxyl groups excluding tert-OH is 2. The minimum atomic E-state index is -1.53. The number of urea groups is 1. The van der Waals surface area contributed by atoms with Crippen LogP contribution >= 0.6 is 22.9 Å². The normalized spacial score (nSPS) is 14.3. The van der Waals surface area contributed by atoms with Gasteiger partial charge in [-0.2, -0.15) is 4.37 Å². The number of benzene rings is 2. The average molecular weight is 737 g/mol. The van der Waals surface area contributed by atoms with Crippen molar-refractivity contribution in [3.05, 3.63) is 105 Å². The third kappa shape index (κ3) is 12.1. The molecule has 0 saturated carbocycles. The monoisotopic (exact) mass is 736 g/mol. The van der Waals surface area contributed by atoms with Gasteiger partial charge < -0.3 is 35.8 Å². The maximum atomic E-state index is 13.9. The first kappa shape index (κ1) is 39.4. The van der Waals surface area contributed by atoms with Gasteiger partial charge >= 0.3 is 12.1 Å². The van der Waals surface area contributed by atoms with Crippen molar-refractivity contribution < 1.29 is 29.3 Å². The van der Waals surface area contributed by atoms with Gasteiger partial charge in [0.05, 0.1) is 35.0 Å². The zero-order valence-electron chi connectivity index (χ0n) is 29.6. The first-order valence-corrected chi connectivity index (χ1v) is 18.7. The molecule has 274 valence electrons. The molecule has 5 N–H and O–H groups in total. The predicted octanol–water partition coefficient (Wildman–Crippen LogP) is 4.88. The molecule has 0 saturated heterocycles. The Kier molecular flexibility index (Phi) is 14.9. The smallest absolute Gasteiger partial charge is 0.407 e. The van der Waals surface area contributed by atoms with Crippen molar-refractivity contribution in [2.45, 2.75) is 89.9 Å². The van der Waals surface area contributed by atoms with Crippen LogP contribution in [0.3, 0.4) is 0 Å². The molecule has 2 aromatic heterocycles. The van der Waals surface area contributed by atoms with Crippen LogP contribution in [0.15, 0.2) is 77.5 Å². The highest BCUT2D eigenvalue weighted by atomic mass is 32.1. The number of aromatic nitrogens is 2. The summed E-state index contributed by atoms with van der Waals surface area (Å²) in [5.74, 6) is -0.555. The zero-order valence-corrected chi connectivity index (χ0v) is 31.2. The second-order valence-corrected chi connectivity index (χ2v) is 14.7. The van der Waals surface area contributed by atoms with E-state index in [-0.39, 0.29) is 37.8 Å². The molecule has 4 rings (SSSR count). The lowest BCUT2D eigenvalue weighted by Crippen LogP contribution is -2.60. The average Bonchev–Trinajstić information content (AvgIpc) is 3.82. The second-order valence-electron chi connectivity index (χ2n) is 13.2. The third-order valence-corrected chi connectivity index (χ3v) is 10.1. The Labute approximate surface area is 307 Å². The van der Waals surface area contributed by atoms with E-state index >= 15 is 0 Å². The number of hydrogen-bond acceptors (Lipinski definition) is 10. The van der Waals surface area contributed by atoms with Gasteiger partial charge in [-0.05, 0) is 47.5 Å². The maximum absolute atomic E-state index is 13.9. The maximum Gasteiger partial charge on any atom is 0.407 e. The van der Waals surface area contributed by atoms with E-state index in [1.165, 1.54) is 16.4 Å². The molecule has 2 heterocycles. The molecule has 0 aliphatic heterocycles. The van der Waals surface area contributed by atoms with Gasteiger partial charge in [-0.15, -0.1) is 11.3 Å². The fourth-order valence-electron chi connectivity index (χ4n) is 5.40. The van der Waals surface area contributed by atoms with Crippen LogP contribution in [0, 0.1) is 5.92 Å². The standard InChI is InChI=1S/C37H48N6O6S2/c1-23(2)31(41-36(47)43(5)20-28-22-50-35(38-28)24(3)4)34(46)39-29(18-25-12-8-6-9-13-25)32(44)33(45)30(19-26-14-10-7-11-15-26)40-37(48)49-21-27-16-17-51-42-27/h6-17,22-24,29-33,44-45H,18-21H2,1-5H3,(H,39,46)(H,40,48)(H,41,47)/t29-,30-,31-,32-,33+/m0/s1. The Morgan fingerprint density at radius 2 is 1.41 bits per heavy atom. The number of nitrogens with one attached hydrogen (secondary N) is 3. The molecule has 0 radical (unpaired) electrons. The van der Waals surface area contributed by atoms with Crippen molar-refractivity contribution in [1.82, 2.24) is 30.2 Å². The Balaban J connectivity index is 1.50. The van der Waals surface area contributed by atoms with Gasteiger partial charge in [-0.1, -0.05) is 88.4 Å². The van der Waals surface area contributed by atoms with E-state index in [0.29, 0.717) is 5.69 Å². The lowest BCUT2D eigenvalue weighted by atomic mass is 9.90. The number of aliphatic hydroxyl groups is 2. The quantitative estimate of drug-likeness (QED) is 0.102. The van der Waals surface area contributed by atoms with E-state index in [1.807, 2.05) is 79.9 Å². The van der Waals surface area contributed by atoms with E-state index in [2.05, 4.69) is 39.2 Å². The van der Waals surface area contributed by atoms with Gasteiger partial charge in [-0.25, -0.2) is 14.6 Å². The Morgan fingerprint density at radius 1 is 0.824 bits per heavy atom. The Bertz CT molecular complexity index is 1650. The molecule has 0 aliphatic carbocycles. The minimum absolute atomic E-state index is 0.0566. The molecule has 0 aliphatic rings. The van der Waals surface area contributed by atoms with E-state index in [0.717, 1.165) is 21.8 Å². The third-order valence-electron chi connectivity index (χ3n) is 8.28. The first-order valence-electron chi connectivity index (χ1n) is 16.9. The number of hydrogen-bond donors (Lipinski definition) is 5. The van der Waals surface area contributed by atoms with Crippen LogP contribution in [-0.4, -0.2) is 79.9 Å². The number of amides is 4. The van der Waals surface area contributed by atoms with Crippen LogP contribution in [0.4, 0.5) is 9.59 Å². The van der Waals surface area contributed by atoms with Crippen LogP contribution < -0.4 is 16.0 Å². The molecule has 14 heteroatoms. The van der Waals surface area contributed by atoms with Crippen molar-refractivity contribution in [2.24, 2.45) is 5.92 Å². The summed E-state index contributed by atoms with van der Waals surface area (Å²) in [6.07, 6.45) is -3.52. The summed E-state index contributed by atoms with van der Waals surface area (Å²) in [5.41, 5.74) is 2.96. The molecule has 0 spiro atoms. The van der Waals surface area contributed by atoms with Gasteiger partial charge in [-0.3, -0.25) is 4.79 Å². The number of ether oxygens (including phenoxy) is 1. The van der Waals surface area contributed by atoms with Crippen molar-refractivity contribution in [1.29, 1.82) is 0 Å². The molecular weight excluding hydrogens is 689 g/mol. The molecule has 0 fully saturated rings. The number of carbonyl (C=O) groups is 3. The summed E-state index contributed by atoms with van der Waals surface area (Å²) < 4.78 is 9.50. The fourth-order valence-corrected chi connectivity index (χ4v) is 6.75. The first-order chi connectivity index (χ1) is 24.4. The largest absolute Gasteiger partial charge is 0.443 e. The van der Waals surface area contributed by atoms with Crippen molar-refractivity contribution in [2.75, 3.05) is 7.05 Å². The van der Waals surface area contributed by atoms with E-state index in [4.69, 9.17) is 4.74 Å². The van der Waals surface area contributed by atoms with Crippen LogP contribution in [-0.2, 0) is 35.5 Å². The highest BCUT2D eigenvalue weighted by Crippen LogP contribution is 2.20. The zero-order chi connectivity index (χ0) is 36.9. The number of carbonyl (C=O) groups excluding carboxylic acids is 3. The van der Waals surface area contributed by atoms with Gasteiger partial charge in [0.1, 0.15) is 24.9 Å². The van der Waals surface area contributed by atoms with Crippen molar-refractivity contribution in [3.63, 3.8) is 0 Å².